The van der Waals surface area contributed by atoms with Crippen LogP contribution in [0.3, 0.4) is 0 Å². The quantitative estimate of drug-likeness (QED) is 0.551. The minimum Gasteiger partial charge on any atom is -0.497 e. The highest BCUT2D eigenvalue weighted by atomic mass is 16.5. The van der Waals surface area contributed by atoms with Crippen molar-refractivity contribution in [2.45, 2.75) is 26.3 Å². The highest BCUT2D eigenvalue weighted by molar-refractivity contribution is 5.42. The maximum Gasteiger partial charge on any atom is 0.225 e. The standard InChI is InChI=1S/C22H26N4O/c1-17-15-21(23-14-6-9-18-7-4-3-5-8-18)26-22(25-17)24-16-19-10-12-20(27-2)13-11-19/h3-5,7-8,10-13,15H,6,9,14,16H2,1-2H3,(H2,23,24,25,26). The Morgan fingerprint density at radius 1 is 0.889 bits per heavy atom. The Morgan fingerprint density at radius 2 is 1.67 bits per heavy atom. The van der Waals surface area contributed by atoms with Crippen molar-refractivity contribution >= 4 is 11.8 Å². The molecule has 0 bridgehead atoms. The molecule has 0 saturated carbocycles. The number of nitrogens with one attached hydrogen (secondary N) is 2. The summed E-state index contributed by atoms with van der Waals surface area (Å²) >= 11 is 0. The number of aryl methyl sites for hydroxylation is 2. The number of hydrogen-bond donors (Lipinski definition) is 2. The van der Waals surface area contributed by atoms with E-state index in [1.807, 2.05) is 43.3 Å². The molecule has 0 saturated heterocycles. The Labute approximate surface area is 160 Å². The zero-order valence-electron chi connectivity index (χ0n) is 15.9. The average Bonchev–Trinajstić information content (AvgIpc) is 2.70. The van der Waals surface area contributed by atoms with E-state index < -0.39 is 0 Å². The molecular weight excluding hydrogens is 336 g/mol. The fourth-order valence-electron chi connectivity index (χ4n) is 2.82. The van der Waals surface area contributed by atoms with Gasteiger partial charge in [0.05, 0.1) is 7.11 Å². The summed E-state index contributed by atoms with van der Waals surface area (Å²) in [5.41, 5.74) is 3.45. The molecule has 3 aromatic rings. The van der Waals surface area contributed by atoms with Gasteiger partial charge in [-0.25, -0.2) is 4.98 Å². The molecule has 0 radical (unpaired) electrons. The summed E-state index contributed by atoms with van der Waals surface area (Å²) in [5.74, 6) is 2.34. The van der Waals surface area contributed by atoms with Crippen LogP contribution in [0.15, 0.2) is 60.7 Å². The fraction of sp³-hybridized carbons (Fsp3) is 0.273. The second-order valence-corrected chi connectivity index (χ2v) is 6.44. The molecule has 1 aromatic heterocycles. The third-order valence-corrected chi connectivity index (χ3v) is 4.26. The summed E-state index contributed by atoms with van der Waals surface area (Å²) in [6.07, 6.45) is 2.11. The zero-order chi connectivity index (χ0) is 18.9. The van der Waals surface area contributed by atoms with Crippen LogP contribution in [0.4, 0.5) is 11.8 Å². The van der Waals surface area contributed by atoms with E-state index in [1.165, 1.54) is 5.56 Å². The van der Waals surface area contributed by atoms with Gasteiger partial charge >= 0.3 is 0 Å². The first-order chi connectivity index (χ1) is 13.2. The van der Waals surface area contributed by atoms with Gasteiger partial charge in [-0.05, 0) is 43.0 Å². The molecule has 0 unspecified atom stereocenters. The maximum absolute atomic E-state index is 5.18. The lowest BCUT2D eigenvalue weighted by molar-refractivity contribution is 0.414. The van der Waals surface area contributed by atoms with Crippen molar-refractivity contribution in [3.05, 3.63) is 77.5 Å². The molecule has 0 amide bonds. The van der Waals surface area contributed by atoms with Crippen LogP contribution in [0.25, 0.3) is 0 Å². The largest absolute Gasteiger partial charge is 0.497 e. The Morgan fingerprint density at radius 3 is 2.41 bits per heavy atom. The minimum atomic E-state index is 0.636. The van der Waals surface area contributed by atoms with E-state index >= 15 is 0 Å². The first kappa shape index (κ1) is 18.7. The molecule has 2 aromatic carbocycles. The van der Waals surface area contributed by atoms with Crippen LogP contribution in [0.1, 0.15) is 23.2 Å². The number of aromatic nitrogens is 2. The van der Waals surface area contributed by atoms with Crippen LogP contribution >= 0.6 is 0 Å². The van der Waals surface area contributed by atoms with Crippen LogP contribution in [0, 0.1) is 6.92 Å². The SMILES string of the molecule is COc1ccc(CNc2nc(C)cc(NCCCc3ccccc3)n2)cc1. The third-order valence-electron chi connectivity index (χ3n) is 4.26. The number of nitrogens with zero attached hydrogens (tertiary/aromatic N) is 2. The minimum absolute atomic E-state index is 0.636. The molecule has 5 nitrogen and oxygen atoms in total. The van der Waals surface area contributed by atoms with E-state index in [1.54, 1.807) is 7.11 Å². The van der Waals surface area contributed by atoms with Crippen molar-refractivity contribution < 1.29 is 4.74 Å². The summed E-state index contributed by atoms with van der Waals surface area (Å²) < 4.78 is 5.18. The molecule has 3 rings (SSSR count). The number of methoxy groups -OCH3 is 1. The number of anilines is 2. The number of ether oxygens (including phenoxy) is 1. The average molecular weight is 362 g/mol. The lowest BCUT2D eigenvalue weighted by atomic mass is 10.1. The summed E-state index contributed by atoms with van der Waals surface area (Å²) in [7, 11) is 1.67. The van der Waals surface area contributed by atoms with E-state index in [0.29, 0.717) is 12.5 Å². The molecule has 0 aliphatic carbocycles. The Hall–Kier alpha value is -3.08. The van der Waals surface area contributed by atoms with Crippen LogP contribution in [-0.4, -0.2) is 23.6 Å². The lowest BCUT2D eigenvalue weighted by Gasteiger charge is -2.10. The molecular formula is C22H26N4O. The van der Waals surface area contributed by atoms with Crippen molar-refractivity contribution in [1.29, 1.82) is 0 Å². The predicted molar refractivity (Wildman–Crippen MR) is 110 cm³/mol. The second-order valence-electron chi connectivity index (χ2n) is 6.44. The van der Waals surface area contributed by atoms with Gasteiger partial charge in [0.25, 0.3) is 0 Å². The van der Waals surface area contributed by atoms with Gasteiger partial charge in [-0.1, -0.05) is 42.5 Å². The Bertz CT molecular complexity index is 835. The summed E-state index contributed by atoms with van der Waals surface area (Å²) in [6, 6.07) is 20.5. The molecule has 0 aliphatic heterocycles. The maximum atomic E-state index is 5.18. The number of rotatable bonds is 9. The topological polar surface area (TPSA) is 59.1 Å². The van der Waals surface area contributed by atoms with Crippen molar-refractivity contribution in [3.8, 4) is 5.75 Å². The molecule has 0 spiro atoms. The van der Waals surface area contributed by atoms with Gasteiger partial charge < -0.3 is 15.4 Å². The monoisotopic (exact) mass is 362 g/mol. The van der Waals surface area contributed by atoms with Crippen molar-refractivity contribution in [2.75, 3.05) is 24.3 Å². The predicted octanol–water partition coefficient (Wildman–Crippen LogP) is 4.45. The van der Waals surface area contributed by atoms with Crippen LogP contribution < -0.4 is 15.4 Å². The molecule has 5 heteroatoms. The van der Waals surface area contributed by atoms with Crippen LogP contribution in [0.5, 0.6) is 5.75 Å². The number of hydrogen-bond acceptors (Lipinski definition) is 5. The van der Waals surface area contributed by atoms with Crippen molar-refractivity contribution in [2.24, 2.45) is 0 Å². The summed E-state index contributed by atoms with van der Waals surface area (Å²) in [5, 5.41) is 6.69. The van der Waals surface area contributed by atoms with Gasteiger partial charge in [0.2, 0.25) is 5.95 Å². The molecule has 0 atom stereocenters. The van der Waals surface area contributed by atoms with Gasteiger partial charge in [-0.3, -0.25) is 0 Å². The molecule has 140 valence electrons. The zero-order valence-corrected chi connectivity index (χ0v) is 15.9. The normalized spacial score (nSPS) is 10.4. The van der Waals surface area contributed by atoms with E-state index in [9.17, 15) is 0 Å². The third kappa shape index (κ3) is 5.99. The summed E-state index contributed by atoms with van der Waals surface area (Å²) in [6.45, 7) is 3.53. The van der Waals surface area contributed by atoms with Gasteiger partial charge in [0, 0.05) is 24.8 Å². The van der Waals surface area contributed by atoms with Gasteiger partial charge in [0.1, 0.15) is 11.6 Å². The van der Waals surface area contributed by atoms with E-state index in [0.717, 1.165) is 42.2 Å². The van der Waals surface area contributed by atoms with Crippen LogP contribution in [-0.2, 0) is 13.0 Å². The van der Waals surface area contributed by atoms with Gasteiger partial charge in [-0.2, -0.15) is 4.98 Å². The smallest absolute Gasteiger partial charge is 0.225 e. The fourth-order valence-corrected chi connectivity index (χ4v) is 2.82. The van der Waals surface area contributed by atoms with Gasteiger partial charge in [-0.15, -0.1) is 0 Å². The molecule has 0 aliphatic rings. The molecule has 1 heterocycles. The molecule has 0 fully saturated rings. The van der Waals surface area contributed by atoms with E-state index in [2.05, 4.69) is 44.9 Å². The van der Waals surface area contributed by atoms with E-state index in [-0.39, 0.29) is 0 Å². The Kier molecular flexibility index (Phi) is 6.63. The van der Waals surface area contributed by atoms with Gasteiger partial charge in [0.15, 0.2) is 0 Å². The first-order valence-electron chi connectivity index (χ1n) is 9.23. The highest BCUT2D eigenvalue weighted by Gasteiger charge is 2.03. The molecule has 2 N–H and O–H groups in total. The summed E-state index contributed by atoms with van der Waals surface area (Å²) in [4.78, 5) is 9.04. The van der Waals surface area contributed by atoms with Crippen LogP contribution in [0.2, 0.25) is 0 Å². The lowest BCUT2D eigenvalue weighted by Crippen LogP contribution is -2.09. The second kappa shape index (κ2) is 9.57. The molecule has 27 heavy (non-hydrogen) atoms. The first-order valence-corrected chi connectivity index (χ1v) is 9.23. The van der Waals surface area contributed by atoms with E-state index in [4.69, 9.17) is 4.74 Å². The van der Waals surface area contributed by atoms with Crippen molar-refractivity contribution in [1.82, 2.24) is 9.97 Å². The highest BCUT2D eigenvalue weighted by Crippen LogP contribution is 2.14. The van der Waals surface area contributed by atoms with Crippen molar-refractivity contribution in [3.63, 3.8) is 0 Å². The Balaban J connectivity index is 1.50. The number of benzene rings is 2.